The smallest absolute Gasteiger partial charge is 0.416 e. The average Bonchev–Trinajstić information content (AvgIpc) is 3.09. The molecule has 196 valence electrons. The number of aromatic nitrogens is 1. The molecule has 0 aliphatic heterocycles. The number of methoxy groups -OCH3 is 1. The number of benzene rings is 2. The zero-order valence-corrected chi connectivity index (χ0v) is 20.9. The second kappa shape index (κ2) is 10.6. The van der Waals surface area contributed by atoms with Crippen molar-refractivity contribution in [2.75, 3.05) is 7.11 Å². The Morgan fingerprint density at radius 1 is 1.00 bits per heavy atom. The highest BCUT2D eigenvalue weighted by Gasteiger charge is 2.34. The number of hydrogen-bond acceptors (Lipinski definition) is 4. The van der Waals surface area contributed by atoms with Crippen molar-refractivity contribution in [3.63, 3.8) is 0 Å². The van der Waals surface area contributed by atoms with E-state index in [9.17, 15) is 31.9 Å². The molecule has 10 heteroatoms. The number of rotatable bonds is 7. The molecule has 1 atom stereocenters. The summed E-state index contributed by atoms with van der Waals surface area (Å²) < 4.78 is 58.8. The second-order valence-electron chi connectivity index (χ2n) is 8.66. The van der Waals surface area contributed by atoms with Crippen molar-refractivity contribution in [3.05, 3.63) is 93.6 Å². The van der Waals surface area contributed by atoms with Gasteiger partial charge in [-0.2, -0.15) is 13.2 Å². The van der Waals surface area contributed by atoms with Crippen LogP contribution in [0.1, 0.15) is 60.5 Å². The van der Waals surface area contributed by atoms with E-state index in [0.29, 0.717) is 16.8 Å². The molecule has 0 unspecified atom stereocenters. The van der Waals surface area contributed by atoms with E-state index in [4.69, 9.17) is 4.74 Å². The number of carbonyl (C=O) groups excluding carboxylic acids is 3. The lowest BCUT2D eigenvalue weighted by Crippen LogP contribution is -2.43. The van der Waals surface area contributed by atoms with Gasteiger partial charge in [-0.15, -0.1) is 0 Å². The molecular weight excluding hydrogens is 492 g/mol. The normalized spacial score (nSPS) is 12.2. The lowest BCUT2D eigenvalue weighted by Gasteiger charge is -2.29. The number of nitrogens with zero attached hydrogens (tertiary/aromatic N) is 2. The Labute approximate surface area is 211 Å². The molecule has 0 saturated heterocycles. The lowest BCUT2D eigenvalue weighted by atomic mass is 9.98. The summed E-state index contributed by atoms with van der Waals surface area (Å²) >= 11 is 0. The Bertz CT molecular complexity index is 1330. The largest absolute Gasteiger partial charge is 0.464 e. The van der Waals surface area contributed by atoms with E-state index in [1.807, 2.05) is 0 Å². The number of ether oxygens (including phenoxy) is 1. The Kier molecular flexibility index (Phi) is 7.90. The van der Waals surface area contributed by atoms with Crippen LogP contribution in [0.2, 0.25) is 0 Å². The third-order valence-electron chi connectivity index (χ3n) is 6.39. The molecule has 3 rings (SSSR count). The summed E-state index contributed by atoms with van der Waals surface area (Å²) in [5.74, 6) is -2.26. The fourth-order valence-electron chi connectivity index (χ4n) is 4.22. The van der Waals surface area contributed by atoms with Crippen molar-refractivity contribution >= 4 is 17.7 Å². The van der Waals surface area contributed by atoms with Crippen molar-refractivity contribution in [3.8, 4) is 0 Å². The maximum atomic E-state index is 13.7. The first-order chi connectivity index (χ1) is 17.3. The zero-order valence-electron chi connectivity index (χ0n) is 20.9. The molecule has 0 aliphatic carbocycles. The highest BCUT2D eigenvalue weighted by molar-refractivity contribution is 6.07. The lowest BCUT2D eigenvalue weighted by molar-refractivity contribution is -0.137. The van der Waals surface area contributed by atoms with Crippen molar-refractivity contribution in [1.29, 1.82) is 0 Å². The van der Waals surface area contributed by atoms with Crippen LogP contribution in [0.4, 0.5) is 17.6 Å². The highest BCUT2D eigenvalue weighted by atomic mass is 19.4. The molecule has 6 nitrogen and oxygen atoms in total. The third kappa shape index (κ3) is 5.58. The van der Waals surface area contributed by atoms with Crippen LogP contribution in [-0.2, 0) is 24.5 Å². The molecule has 0 spiro atoms. The van der Waals surface area contributed by atoms with Crippen LogP contribution in [0.25, 0.3) is 0 Å². The number of ketones is 1. The van der Waals surface area contributed by atoms with E-state index in [2.05, 4.69) is 0 Å². The minimum Gasteiger partial charge on any atom is -0.464 e. The van der Waals surface area contributed by atoms with Crippen molar-refractivity contribution in [2.24, 2.45) is 7.05 Å². The molecule has 1 heterocycles. The summed E-state index contributed by atoms with van der Waals surface area (Å²) in [5.41, 5.74) is 0.842. The van der Waals surface area contributed by atoms with Gasteiger partial charge < -0.3 is 14.2 Å². The van der Waals surface area contributed by atoms with Crippen LogP contribution >= 0.6 is 0 Å². The molecule has 0 N–H and O–H groups in total. The van der Waals surface area contributed by atoms with E-state index in [-0.39, 0.29) is 23.4 Å². The van der Waals surface area contributed by atoms with Crippen LogP contribution in [-0.4, -0.2) is 40.3 Å². The Hall–Kier alpha value is -3.95. The third-order valence-corrected chi connectivity index (χ3v) is 6.39. The number of halogens is 4. The highest BCUT2D eigenvalue weighted by Crippen LogP contribution is 2.30. The topological polar surface area (TPSA) is 68.6 Å². The molecule has 0 aliphatic rings. The van der Waals surface area contributed by atoms with Gasteiger partial charge in [-0.1, -0.05) is 12.1 Å². The standard InChI is InChI=1S/C27H26F4N2O4/c1-15-22(16(2)32(4)23(15)26(36)37-5)24(34)17(3)33(14-18-6-12-21(28)13-7-18)25(35)19-8-10-20(11-9-19)27(29,30)31/h6-13,17H,14H2,1-5H3/t17-/m0/s1. The van der Waals surface area contributed by atoms with E-state index >= 15 is 0 Å². The molecule has 0 fully saturated rings. The van der Waals surface area contributed by atoms with E-state index in [1.54, 1.807) is 20.9 Å². The van der Waals surface area contributed by atoms with Gasteiger partial charge in [0.1, 0.15) is 11.5 Å². The maximum absolute atomic E-state index is 13.7. The molecule has 2 aromatic carbocycles. The van der Waals surface area contributed by atoms with Gasteiger partial charge in [0.05, 0.1) is 18.7 Å². The summed E-state index contributed by atoms with van der Waals surface area (Å²) in [6.07, 6.45) is -4.57. The van der Waals surface area contributed by atoms with E-state index in [0.717, 1.165) is 24.3 Å². The van der Waals surface area contributed by atoms with Gasteiger partial charge in [-0.05, 0) is 68.3 Å². The molecule has 0 radical (unpaired) electrons. The summed E-state index contributed by atoms with van der Waals surface area (Å²) in [4.78, 5) is 40.7. The monoisotopic (exact) mass is 518 g/mol. The van der Waals surface area contributed by atoms with Gasteiger partial charge >= 0.3 is 12.1 Å². The summed E-state index contributed by atoms with van der Waals surface area (Å²) in [5, 5.41) is 0. The minimum absolute atomic E-state index is 0.0495. The number of esters is 1. The first-order valence-corrected chi connectivity index (χ1v) is 11.3. The van der Waals surface area contributed by atoms with Gasteiger partial charge in [0.25, 0.3) is 5.91 Å². The molecule has 1 aromatic heterocycles. The zero-order chi connectivity index (χ0) is 27.7. The fraction of sp³-hybridized carbons (Fsp3) is 0.296. The Balaban J connectivity index is 2.04. The van der Waals surface area contributed by atoms with Crippen LogP contribution in [0.15, 0.2) is 48.5 Å². The molecule has 1 amide bonds. The number of hydrogen-bond donors (Lipinski definition) is 0. The van der Waals surface area contributed by atoms with Gasteiger partial charge in [0.15, 0.2) is 5.78 Å². The van der Waals surface area contributed by atoms with E-state index < -0.39 is 41.3 Å². The molecular formula is C27H26F4N2O4. The Morgan fingerprint density at radius 3 is 2.08 bits per heavy atom. The van der Waals surface area contributed by atoms with Gasteiger partial charge in [-0.3, -0.25) is 9.59 Å². The van der Waals surface area contributed by atoms with Crippen molar-refractivity contribution in [1.82, 2.24) is 9.47 Å². The fourth-order valence-corrected chi connectivity index (χ4v) is 4.22. The predicted molar refractivity (Wildman–Crippen MR) is 128 cm³/mol. The predicted octanol–water partition coefficient (Wildman–Crippen LogP) is 5.50. The van der Waals surface area contributed by atoms with Crippen molar-refractivity contribution < 1.29 is 36.7 Å². The van der Waals surface area contributed by atoms with Crippen LogP contribution in [0.5, 0.6) is 0 Å². The summed E-state index contributed by atoms with van der Waals surface area (Å²) in [6, 6.07) is 7.93. The van der Waals surface area contributed by atoms with Crippen LogP contribution in [0.3, 0.4) is 0 Å². The average molecular weight is 519 g/mol. The number of Topliss-reactive ketones (excluding diaryl/α,β-unsaturated/α-hetero) is 1. The van der Waals surface area contributed by atoms with Gasteiger partial charge in [0, 0.05) is 30.4 Å². The molecule has 0 bridgehead atoms. The quantitative estimate of drug-likeness (QED) is 0.235. The van der Waals surface area contributed by atoms with Crippen LogP contribution < -0.4 is 0 Å². The number of alkyl halides is 3. The van der Waals surface area contributed by atoms with E-state index in [1.165, 1.54) is 47.8 Å². The van der Waals surface area contributed by atoms with Gasteiger partial charge in [0.2, 0.25) is 0 Å². The van der Waals surface area contributed by atoms with Gasteiger partial charge in [-0.25, -0.2) is 9.18 Å². The molecule has 37 heavy (non-hydrogen) atoms. The Morgan fingerprint density at radius 2 is 1.57 bits per heavy atom. The first kappa shape index (κ1) is 27.6. The van der Waals surface area contributed by atoms with Crippen molar-refractivity contribution in [2.45, 2.75) is 39.5 Å². The summed E-state index contributed by atoms with van der Waals surface area (Å²) in [6.45, 7) is 4.64. The number of carbonyl (C=O) groups is 3. The maximum Gasteiger partial charge on any atom is 0.416 e. The summed E-state index contributed by atoms with van der Waals surface area (Å²) in [7, 11) is 2.83. The molecule has 3 aromatic rings. The SMILES string of the molecule is COC(=O)c1c(C)c(C(=O)[C@H](C)N(Cc2ccc(F)cc2)C(=O)c2ccc(C(F)(F)F)cc2)c(C)n1C. The first-order valence-electron chi connectivity index (χ1n) is 11.3. The minimum atomic E-state index is -4.57. The molecule has 0 saturated carbocycles. The second-order valence-corrected chi connectivity index (χ2v) is 8.66. The number of amides is 1. The van der Waals surface area contributed by atoms with Crippen LogP contribution in [0, 0.1) is 19.7 Å².